The highest BCUT2D eigenvalue weighted by atomic mass is 16.4. The van der Waals surface area contributed by atoms with Crippen LogP contribution >= 0.6 is 0 Å². The second-order valence-corrected chi connectivity index (χ2v) is 5.20. The first-order valence-corrected chi connectivity index (χ1v) is 7.13. The third-order valence-electron chi connectivity index (χ3n) is 3.96. The Morgan fingerprint density at radius 2 is 2.26 bits per heavy atom. The SMILES string of the molecule is C=CCCC(C(=O)O)C1CCC(=O)C1C/C=C/CC. The van der Waals surface area contributed by atoms with E-state index in [1.165, 1.54) is 0 Å². The summed E-state index contributed by atoms with van der Waals surface area (Å²) < 4.78 is 0. The zero-order valence-electron chi connectivity index (χ0n) is 11.7. The molecule has 0 aromatic carbocycles. The first-order valence-electron chi connectivity index (χ1n) is 7.13. The van der Waals surface area contributed by atoms with E-state index in [9.17, 15) is 14.7 Å². The molecule has 0 radical (unpaired) electrons. The van der Waals surface area contributed by atoms with Gasteiger partial charge in [-0.1, -0.05) is 25.2 Å². The van der Waals surface area contributed by atoms with Crippen LogP contribution in [0.25, 0.3) is 0 Å². The summed E-state index contributed by atoms with van der Waals surface area (Å²) in [5.74, 6) is -1.06. The van der Waals surface area contributed by atoms with Gasteiger partial charge in [-0.25, -0.2) is 0 Å². The number of Topliss-reactive ketones (excluding diaryl/α,β-unsaturated/α-hetero) is 1. The Morgan fingerprint density at radius 3 is 2.84 bits per heavy atom. The van der Waals surface area contributed by atoms with Crippen LogP contribution in [0.4, 0.5) is 0 Å². The van der Waals surface area contributed by atoms with E-state index in [0.717, 1.165) is 12.8 Å². The number of carbonyl (C=O) groups excluding carboxylic acids is 1. The molecule has 1 aliphatic carbocycles. The van der Waals surface area contributed by atoms with Gasteiger partial charge < -0.3 is 5.11 Å². The van der Waals surface area contributed by atoms with Gasteiger partial charge in [0.2, 0.25) is 0 Å². The molecule has 0 saturated heterocycles. The van der Waals surface area contributed by atoms with Gasteiger partial charge in [-0.2, -0.15) is 0 Å². The number of ketones is 1. The molecular weight excluding hydrogens is 240 g/mol. The molecule has 3 nitrogen and oxygen atoms in total. The molecule has 3 heteroatoms. The lowest BCUT2D eigenvalue weighted by Crippen LogP contribution is -2.28. The molecule has 0 aromatic heterocycles. The number of carboxylic acids is 1. The Labute approximate surface area is 115 Å². The van der Waals surface area contributed by atoms with E-state index in [1.807, 2.05) is 12.2 Å². The maximum atomic E-state index is 11.9. The van der Waals surface area contributed by atoms with Crippen LogP contribution in [0.1, 0.15) is 45.4 Å². The van der Waals surface area contributed by atoms with Crippen molar-refractivity contribution in [2.75, 3.05) is 0 Å². The van der Waals surface area contributed by atoms with Gasteiger partial charge in [0.25, 0.3) is 0 Å². The fraction of sp³-hybridized carbons (Fsp3) is 0.625. The average Bonchev–Trinajstić information content (AvgIpc) is 2.72. The first-order chi connectivity index (χ1) is 9.11. The third kappa shape index (κ3) is 4.34. The minimum Gasteiger partial charge on any atom is -0.481 e. The highest BCUT2D eigenvalue weighted by Crippen LogP contribution is 2.39. The van der Waals surface area contributed by atoms with Crippen molar-refractivity contribution >= 4 is 11.8 Å². The van der Waals surface area contributed by atoms with Crippen LogP contribution in [0.15, 0.2) is 24.8 Å². The van der Waals surface area contributed by atoms with Crippen molar-refractivity contribution < 1.29 is 14.7 Å². The number of aliphatic carboxylic acids is 1. The topological polar surface area (TPSA) is 54.4 Å². The van der Waals surface area contributed by atoms with Crippen molar-refractivity contribution in [1.29, 1.82) is 0 Å². The van der Waals surface area contributed by atoms with Gasteiger partial charge in [0.1, 0.15) is 5.78 Å². The number of carbonyl (C=O) groups is 2. The summed E-state index contributed by atoms with van der Waals surface area (Å²) in [6, 6.07) is 0. The van der Waals surface area contributed by atoms with Crippen molar-refractivity contribution in [3.05, 3.63) is 24.8 Å². The van der Waals surface area contributed by atoms with Crippen LogP contribution in [-0.4, -0.2) is 16.9 Å². The molecule has 106 valence electrons. The number of carboxylic acid groups (broad SMARTS) is 1. The molecule has 0 aromatic rings. The number of hydrogen-bond donors (Lipinski definition) is 1. The van der Waals surface area contributed by atoms with E-state index in [-0.39, 0.29) is 17.6 Å². The molecule has 0 heterocycles. The van der Waals surface area contributed by atoms with Crippen molar-refractivity contribution in [3.63, 3.8) is 0 Å². The van der Waals surface area contributed by atoms with Gasteiger partial charge in [0.05, 0.1) is 5.92 Å². The van der Waals surface area contributed by atoms with Crippen molar-refractivity contribution in [2.24, 2.45) is 17.8 Å². The molecule has 1 saturated carbocycles. The molecule has 0 bridgehead atoms. The minimum atomic E-state index is -0.772. The summed E-state index contributed by atoms with van der Waals surface area (Å²) in [6.07, 6.45) is 9.99. The van der Waals surface area contributed by atoms with Gasteiger partial charge in [-0.05, 0) is 38.0 Å². The van der Waals surface area contributed by atoms with Crippen molar-refractivity contribution in [2.45, 2.75) is 45.4 Å². The fourth-order valence-electron chi connectivity index (χ4n) is 2.95. The van der Waals surface area contributed by atoms with Gasteiger partial charge >= 0.3 is 5.97 Å². The maximum absolute atomic E-state index is 11.9. The monoisotopic (exact) mass is 264 g/mol. The van der Waals surface area contributed by atoms with E-state index < -0.39 is 11.9 Å². The fourth-order valence-corrected chi connectivity index (χ4v) is 2.95. The van der Waals surface area contributed by atoms with Crippen molar-refractivity contribution in [3.8, 4) is 0 Å². The molecule has 0 spiro atoms. The van der Waals surface area contributed by atoms with Crippen LogP contribution in [0.5, 0.6) is 0 Å². The number of hydrogen-bond acceptors (Lipinski definition) is 2. The van der Waals surface area contributed by atoms with Crippen LogP contribution in [-0.2, 0) is 9.59 Å². The van der Waals surface area contributed by atoms with Gasteiger partial charge in [-0.3, -0.25) is 9.59 Å². The third-order valence-corrected chi connectivity index (χ3v) is 3.96. The molecular formula is C16H24O3. The second kappa shape index (κ2) is 7.93. The summed E-state index contributed by atoms with van der Waals surface area (Å²) in [5.41, 5.74) is 0. The Morgan fingerprint density at radius 1 is 1.53 bits per heavy atom. The van der Waals surface area contributed by atoms with Gasteiger partial charge in [0, 0.05) is 12.3 Å². The highest BCUT2D eigenvalue weighted by molar-refractivity contribution is 5.85. The molecule has 1 rings (SSSR count). The van der Waals surface area contributed by atoms with Crippen LogP contribution in [0.3, 0.4) is 0 Å². The van der Waals surface area contributed by atoms with Crippen LogP contribution in [0.2, 0.25) is 0 Å². The van der Waals surface area contributed by atoms with Gasteiger partial charge in [0.15, 0.2) is 0 Å². The second-order valence-electron chi connectivity index (χ2n) is 5.20. The summed E-state index contributed by atoms with van der Waals surface area (Å²) in [4.78, 5) is 23.3. The Hall–Kier alpha value is -1.38. The number of rotatable bonds is 8. The maximum Gasteiger partial charge on any atom is 0.306 e. The molecule has 0 aliphatic heterocycles. The largest absolute Gasteiger partial charge is 0.481 e. The average molecular weight is 264 g/mol. The molecule has 0 amide bonds. The minimum absolute atomic E-state index is 0.00791. The molecule has 19 heavy (non-hydrogen) atoms. The predicted octanol–water partition coefficient (Wildman–Crippen LogP) is 3.61. The standard InChI is InChI=1S/C16H24O3/c1-3-5-7-9-13-12(10-11-15(13)17)14(16(18)19)8-6-4-2/h4-5,7,12-14H,2-3,6,8-11H2,1H3,(H,18,19)/b7-5+. The van der Waals surface area contributed by atoms with Crippen LogP contribution in [0, 0.1) is 17.8 Å². The van der Waals surface area contributed by atoms with E-state index >= 15 is 0 Å². The molecule has 1 fully saturated rings. The smallest absolute Gasteiger partial charge is 0.306 e. The Bertz CT molecular complexity index is 357. The lowest BCUT2D eigenvalue weighted by Gasteiger charge is -2.23. The van der Waals surface area contributed by atoms with Crippen molar-refractivity contribution in [1.82, 2.24) is 0 Å². The zero-order chi connectivity index (χ0) is 14.3. The Kier molecular flexibility index (Phi) is 6.54. The van der Waals surface area contributed by atoms with E-state index in [4.69, 9.17) is 0 Å². The molecule has 1 N–H and O–H groups in total. The summed E-state index contributed by atoms with van der Waals surface area (Å²) in [7, 11) is 0. The van der Waals surface area contributed by atoms with E-state index in [0.29, 0.717) is 25.7 Å². The molecule has 3 unspecified atom stereocenters. The highest BCUT2D eigenvalue weighted by Gasteiger charge is 2.41. The van der Waals surface area contributed by atoms with E-state index in [2.05, 4.69) is 13.5 Å². The first kappa shape index (κ1) is 15.7. The summed E-state index contributed by atoms with van der Waals surface area (Å²) in [5, 5.41) is 9.37. The normalized spacial score (nSPS) is 24.8. The number of allylic oxidation sites excluding steroid dienone is 3. The van der Waals surface area contributed by atoms with E-state index in [1.54, 1.807) is 6.08 Å². The predicted molar refractivity (Wildman–Crippen MR) is 75.8 cm³/mol. The molecule has 3 atom stereocenters. The lowest BCUT2D eigenvalue weighted by molar-refractivity contribution is -0.144. The summed E-state index contributed by atoms with van der Waals surface area (Å²) in [6.45, 7) is 5.69. The lowest BCUT2D eigenvalue weighted by atomic mass is 9.79. The van der Waals surface area contributed by atoms with Crippen LogP contribution < -0.4 is 0 Å². The van der Waals surface area contributed by atoms with Gasteiger partial charge in [-0.15, -0.1) is 6.58 Å². The summed E-state index contributed by atoms with van der Waals surface area (Å²) >= 11 is 0. The zero-order valence-corrected chi connectivity index (χ0v) is 11.7. The Balaban J connectivity index is 2.75. The quantitative estimate of drug-likeness (QED) is 0.681. The molecule has 1 aliphatic rings.